The molecule has 0 bridgehead atoms. The minimum Gasteiger partial charge on any atom is -0.324 e. The molecule has 0 aliphatic rings. The molecular formula is C19H17N5O. The van der Waals surface area contributed by atoms with Gasteiger partial charge in [0.25, 0.3) is 5.91 Å². The van der Waals surface area contributed by atoms with Gasteiger partial charge in [0, 0.05) is 16.8 Å². The fourth-order valence-electron chi connectivity index (χ4n) is 2.06. The van der Waals surface area contributed by atoms with Crippen molar-refractivity contribution in [3.05, 3.63) is 72.8 Å². The zero-order valence-corrected chi connectivity index (χ0v) is 13.7. The summed E-state index contributed by atoms with van der Waals surface area (Å²) < 4.78 is 0. The van der Waals surface area contributed by atoms with Gasteiger partial charge < -0.3 is 5.32 Å². The normalized spacial score (nSPS) is 10.1. The number of hydrogen-bond acceptors (Lipinski definition) is 5. The Balaban J connectivity index is 1.98. The van der Waals surface area contributed by atoms with Gasteiger partial charge >= 0.3 is 0 Å². The molecule has 25 heavy (non-hydrogen) atoms. The number of hydrogen-bond donors (Lipinski definition) is 2. The molecule has 2 N–H and O–H groups in total. The van der Waals surface area contributed by atoms with Crippen molar-refractivity contribution in [2.24, 2.45) is 0 Å². The van der Waals surface area contributed by atoms with E-state index in [1.54, 1.807) is 6.92 Å². The molecule has 124 valence electrons. The average Bonchev–Trinajstić information content (AvgIpc) is 2.63. The second kappa shape index (κ2) is 7.35. The quantitative estimate of drug-likeness (QED) is 0.695. The summed E-state index contributed by atoms with van der Waals surface area (Å²) in [4.78, 5) is 24.9. The van der Waals surface area contributed by atoms with Crippen molar-refractivity contribution < 1.29 is 4.79 Å². The molecule has 0 radical (unpaired) electrons. The van der Waals surface area contributed by atoms with Crippen molar-refractivity contribution in [2.45, 2.75) is 6.92 Å². The van der Waals surface area contributed by atoms with E-state index in [9.17, 15) is 4.79 Å². The second-order valence-corrected chi connectivity index (χ2v) is 5.40. The van der Waals surface area contributed by atoms with Gasteiger partial charge in [-0.05, 0) is 19.1 Å². The van der Waals surface area contributed by atoms with Crippen LogP contribution in [0.1, 0.15) is 6.92 Å². The Morgan fingerprint density at radius 2 is 1.48 bits per heavy atom. The summed E-state index contributed by atoms with van der Waals surface area (Å²) in [7, 11) is 0. The van der Waals surface area contributed by atoms with E-state index in [0.717, 1.165) is 11.3 Å². The number of carbonyl (C=O) groups excluding carboxylic acids is 1. The zero-order chi connectivity index (χ0) is 17.6. The molecule has 3 aromatic rings. The minimum absolute atomic E-state index is 0.167. The van der Waals surface area contributed by atoms with Crippen molar-refractivity contribution in [1.82, 2.24) is 15.0 Å². The smallest absolute Gasteiger partial charge is 0.253 e. The van der Waals surface area contributed by atoms with Gasteiger partial charge in [0.1, 0.15) is 0 Å². The number of benzene rings is 2. The third-order valence-corrected chi connectivity index (χ3v) is 3.31. The number of rotatable bonds is 5. The molecule has 0 saturated carbocycles. The first-order chi connectivity index (χ1) is 12.1. The molecule has 0 atom stereocenters. The first kappa shape index (κ1) is 16.3. The van der Waals surface area contributed by atoms with Crippen LogP contribution in [0.25, 0.3) is 11.4 Å². The molecule has 1 aromatic heterocycles. The summed E-state index contributed by atoms with van der Waals surface area (Å²) in [6, 6.07) is 19.0. The lowest BCUT2D eigenvalue weighted by Crippen LogP contribution is -2.15. The summed E-state index contributed by atoms with van der Waals surface area (Å²) in [6.07, 6.45) is 0. The van der Waals surface area contributed by atoms with Gasteiger partial charge in [-0.15, -0.1) is 0 Å². The Labute approximate surface area is 145 Å². The number of aromatic nitrogens is 3. The van der Waals surface area contributed by atoms with E-state index in [2.05, 4.69) is 32.2 Å². The molecule has 0 spiro atoms. The van der Waals surface area contributed by atoms with Gasteiger partial charge in [-0.3, -0.25) is 10.1 Å². The number of nitrogens with zero attached hydrogens (tertiary/aromatic N) is 3. The fourth-order valence-corrected chi connectivity index (χ4v) is 2.06. The van der Waals surface area contributed by atoms with Gasteiger partial charge in [0.2, 0.25) is 11.9 Å². The molecule has 3 rings (SSSR count). The van der Waals surface area contributed by atoms with Gasteiger partial charge in [0.05, 0.1) is 0 Å². The number of anilines is 3. The third-order valence-electron chi connectivity index (χ3n) is 3.31. The van der Waals surface area contributed by atoms with Crippen LogP contribution in [0.15, 0.2) is 72.8 Å². The first-order valence-corrected chi connectivity index (χ1v) is 7.72. The summed E-state index contributed by atoms with van der Waals surface area (Å²) in [5.74, 6) is 0.638. The molecule has 0 aliphatic carbocycles. The van der Waals surface area contributed by atoms with E-state index in [-0.39, 0.29) is 11.9 Å². The Kier molecular flexibility index (Phi) is 4.80. The average molecular weight is 331 g/mol. The predicted molar refractivity (Wildman–Crippen MR) is 98.4 cm³/mol. The van der Waals surface area contributed by atoms with Crippen molar-refractivity contribution >= 4 is 23.5 Å². The molecule has 6 heteroatoms. The van der Waals surface area contributed by atoms with Crippen LogP contribution in [0.5, 0.6) is 0 Å². The lowest BCUT2D eigenvalue weighted by atomic mass is 10.2. The van der Waals surface area contributed by atoms with E-state index in [1.165, 1.54) is 0 Å². The molecule has 0 saturated heterocycles. The molecule has 6 nitrogen and oxygen atoms in total. The minimum atomic E-state index is -0.337. The van der Waals surface area contributed by atoms with Crippen LogP contribution in [0.2, 0.25) is 0 Å². The maximum atomic E-state index is 11.9. The second-order valence-electron chi connectivity index (χ2n) is 5.40. The maximum absolute atomic E-state index is 11.9. The highest BCUT2D eigenvalue weighted by Crippen LogP contribution is 2.20. The number of carbonyl (C=O) groups is 1. The van der Waals surface area contributed by atoms with Gasteiger partial charge in [-0.2, -0.15) is 15.0 Å². The molecule has 1 amide bonds. The van der Waals surface area contributed by atoms with Crippen LogP contribution in [-0.2, 0) is 4.79 Å². The van der Waals surface area contributed by atoms with E-state index >= 15 is 0 Å². The van der Waals surface area contributed by atoms with Gasteiger partial charge in [-0.1, -0.05) is 55.1 Å². The van der Waals surface area contributed by atoms with Crippen molar-refractivity contribution in [3.8, 4) is 11.4 Å². The van der Waals surface area contributed by atoms with Crippen LogP contribution in [-0.4, -0.2) is 20.9 Å². The Morgan fingerprint density at radius 3 is 2.12 bits per heavy atom. The molecule has 1 heterocycles. The van der Waals surface area contributed by atoms with Crippen LogP contribution >= 0.6 is 0 Å². The Morgan fingerprint density at radius 1 is 0.880 bits per heavy atom. The van der Waals surface area contributed by atoms with Crippen LogP contribution in [0.4, 0.5) is 17.6 Å². The summed E-state index contributed by atoms with van der Waals surface area (Å²) in [6.45, 7) is 5.25. The lowest BCUT2D eigenvalue weighted by Gasteiger charge is -2.10. The van der Waals surface area contributed by atoms with Crippen molar-refractivity contribution in [3.63, 3.8) is 0 Å². The third kappa shape index (κ3) is 4.26. The number of amides is 1. The highest BCUT2D eigenvalue weighted by Gasteiger charge is 2.11. The standard InChI is InChI=1S/C19H17N5O/c1-13(2)17(25)23-19-22-16(14-9-5-3-6-10-14)21-18(24-19)20-15-11-7-4-8-12-15/h3-12H,1H2,2H3,(H2,20,21,22,23,24,25). The Hall–Kier alpha value is -3.54. The monoisotopic (exact) mass is 331 g/mol. The van der Waals surface area contributed by atoms with E-state index in [4.69, 9.17) is 0 Å². The number of nitrogens with one attached hydrogen (secondary N) is 2. The first-order valence-electron chi connectivity index (χ1n) is 7.72. The summed E-state index contributed by atoms with van der Waals surface area (Å²) in [5.41, 5.74) is 2.04. The van der Waals surface area contributed by atoms with E-state index in [0.29, 0.717) is 17.3 Å². The van der Waals surface area contributed by atoms with E-state index in [1.807, 2.05) is 60.7 Å². The van der Waals surface area contributed by atoms with Crippen LogP contribution in [0.3, 0.4) is 0 Å². The topological polar surface area (TPSA) is 79.8 Å². The largest absolute Gasteiger partial charge is 0.324 e. The van der Waals surface area contributed by atoms with Gasteiger partial charge in [0.15, 0.2) is 5.82 Å². The summed E-state index contributed by atoms with van der Waals surface area (Å²) in [5, 5.41) is 5.76. The van der Waals surface area contributed by atoms with Crippen LogP contribution < -0.4 is 10.6 Å². The maximum Gasteiger partial charge on any atom is 0.253 e. The zero-order valence-electron chi connectivity index (χ0n) is 13.7. The summed E-state index contributed by atoms with van der Waals surface area (Å²) >= 11 is 0. The molecule has 0 aliphatic heterocycles. The van der Waals surface area contributed by atoms with Gasteiger partial charge in [-0.25, -0.2) is 0 Å². The molecule has 0 fully saturated rings. The van der Waals surface area contributed by atoms with Crippen molar-refractivity contribution in [2.75, 3.05) is 10.6 Å². The highest BCUT2D eigenvalue weighted by atomic mass is 16.1. The van der Waals surface area contributed by atoms with Crippen LogP contribution in [0, 0.1) is 0 Å². The van der Waals surface area contributed by atoms with Crippen molar-refractivity contribution in [1.29, 1.82) is 0 Å². The fraction of sp³-hybridized carbons (Fsp3) is 0.0526. The molecular weight excluding hydrogens is 314 g/mol. The lowest BCUT2D eigenvalue weighted by molar-refractivity contribution is -0.112. The Bertz CT molecular complexity index is 894. The highest BCUT2D eigenvalue weighted by molar-refractivity contribution is 6.01. The molecule has 2 aromatic carbocycles. The van der Waals surface area contributed by atoms with E-state index < -0.39 is 0 Å². The number of para-hydroxylation sites is 1. The molecule has 0 unspecified atom stereocenters. The predicted octanol–water partition coefficient (Wildman–Crippen LogP) is 3.80. The SMILES string of the molecule is C=C(C)C(=O)Nc1nc(Nc2ccccc2)nc(-c2ccccc2)n1.